The van der Waals surface area contributed by atoms with Crippen molar-refractivity contribution < 1.29 is 28.2 Å². The fraction of sp³-hybridized carbons (Fsp3) is 0.364. The zero-order chi connectivity index (χ0) is 21.2. The number of methoxy groups -OCH3 is 1. The van der Waals surface area contributed by atoms with Gasteiger partial charge < -0.3 is 19.5 Å². The highest BCUT2D eigenvalue weighted by molar-refractivity contribution is 5.96. The molecule has 0 aliphatic rings. The Morgan fingerprint density at radius 2 is 1.59 bits per heavy atom. The van der Waals surface area contributed by atoms with Crippen molar-refractivity contribution in [2.45, 2.75) is 26.3 Å². The molecule has 7 heteroatoms. The first-order valence-corrected chi connectivity index (χ1v) is 9.40. The zero-order valence-electron chi connectivity index (χ0n) is 16.8. The average molecular weight is 403 g/mol. The van der Waals surface area contributed by atoms with Crippen LogP contribution in [0.5, 0.6) is 11.5 Å². The summed E-state index contributed by atoms with van der Waals surface area (Å²) in [6, 6.07) is 11.5. The number of hydrogen-bond acceptors (Lipinski definition) is 5. The molecule has 1 atom stereocenters. The largest absolute Gasteiger partial charge is 0.497 e. The normalized spacial score (nSPS) is 11.6. The number of carbonyl (C=O) groups is 2. The van der Waals surface area contributed by atoms with Crippen molar-refractivity contribution in [1.82, 2.24) is 5.32 Å². The minimum Gasteiger partial charge on any atom is -0.497 e. The van der Waals surface area contributed by atoms with Crippen LogP contribution in [0.2, 0.25) is 0 Å². The molecule has 0 saturated heterocycles. The predicted molar refractivity (Wildman–Crippen MR) is 107 cm³/mol. The summed E-state index contributed by atoms with van der Waals surface area (Å²) in [7, 11) is 1.55. The lowest BCUT2D eigenvalue weighted by molar-refractivity contribution is -0.147. The predicted octanol–water partition coefficient (Wildman–Crippen LogP) is 3.60. The highest BCUT2D eigenvalue weighted by atomic mass is 19.1. The standard InChI is InChI=1S/C22H26FNO5/c1-15(2)20(24-21(25)16-5-9-18(27-3)10-6-16)22(26)29-14-4-13-28-19-11-7-17(23)8-12-19/h5-12,15,20H,4,13-14H2,1-3H3,(H,24,25)/t20-/m0/s1. The lowest BCUT2D eigenvalue weighted by Gasteiger charge is -2.21. The number of ether oxygens (including phenoxy) is 3. The summed E-state index contributed by atoms with van der Waals surface area (Å²) in [5.74, 6) is -0.136. The molecule has 156 valence electrons. The molecular formula is C22H26FNO5. The van der Waals surface area contributed by atoms with Gasteiger partial charge in [0, 0.05) is 12.0 Å². The molecule has 2 aromatic carbocycles. The molecule has 1 amide bonds. The topological polar surface area (TPSA) is 73.9 Å². The maximum atomic E-state index is 12.8. The van der Waals surface area contributed by atoms with Crippen LogP contribution in [-0.4, -0.2) is 38.2 Å². The molecule has 29 heavy (non-hydrogen) atoms. The highest BCUT2D eigenvalue weighted by Gasteiger charge is 2.26. The Labute approximate surface area is 170 Å². The van der Waals surface area contributed by atoms with E-state index >= 15 is 0 Å². The fourth-order valence-corrected chi connectivity index (χ4v) is 2.51. The third-order valence-corrected chi connectivity index (χ3v) is 4.17. The fourth-order valence-electron chi connectivity index (χ4n) is 2.51. The quantitative estimate of drug-likeness (QED) is 0.485. The van der Waals surface area contributed by atoms with E-state index in [1.54, 1.807) is 31.4 Å². The van der Waals surface area contributed by atoms with E-state index in [9.17, 15) is 14.0 Å². The number of carbonyl (C=O) groups excluding carboxylic acids is 2. The van der Waals surface area contributed by atoms with Gasteiger partial charge in [0.15, 0.2) is 0 Å². The Kier molecular flexibility index (Phi) is 8.45. The van der Waals surface area contributed by atoms with E-state index < -0.39 is 12.0 Å². The third kappa shape index (κ3) is 7.10. The van der Waals surface area contributed by atoms with Gasteiger partial charge in [-0.3, -0.25) is 4.79 Å². The number of amides is 1. The number of nitrogens with one attached hydrogen (secondary N) is 1. The molecule has 1 N–H and O–H groups in total. The van der Waals surface area contributed by atoms with Gasteiger partial charge in [0.2, 0.25) is 0 Å². The Bertz CT molecular complexity index is 790. The third-order valence-electron chi connectivity index (χ3n) is 4.17. The van der Waals surface area contributed by atoms with Crippen molar-refractivity contribution >= 4 is 11.9 Å². The van der Waals surface area contributed by atoms with Gasteiger partial charge in [-0.1, -0.05) is 13.8 Å². The van der Waals surface area contributed by atoms with E-state index in [0.29, 0.717) is 30.1 Å². The Morgan fingerprint density at radius 3 is 2.17 bits per heavy atom. The minimum absolute atomic E-state index is 0.139. The van der Waals surface area contributed by atoms with E-state index in [2.05, 4.69) is 5.32 Å². The van der Waals surface area contributed by atoms with Crippen LogP contribution >= 0.6 is 0 Å². The van der Waals surface area contributed by atoms with Crippen LogP contribution in [0.4, 0.5) is 4.39 Å². The van der Waals surface area contributed by atoms with Crippen molar-refractivity contribution in [3.05, 3.63) is 59.9 Å². The number of hydrogen-bond donors (Lipinski definition) is 1. The lowest BCUT2D eigenvalue weighted by Crippen LogP contribution is -2.45. The summed E-state index contributed by atoms with van der Waals surface area (Å²) in [5, 5.41) is 2.72. The van der Waals surface area contributed by atoms with Crippen LogP contribution in [0.25, 0.3) is 0 Å². The van der Waals surface area contributed by atoms with Crippen LogP contribution in [0.15, 0.2) is 48.5 Å². The van der Waals surface area contributed by atoms with E-state index in [1.165, 1.54) is 24.3 Å². The van der Waals surface area contributed by atoms with Crippen LogP contribution in [0.1, 0.15) is 30.6 Å². The van der Waals surface area contributed by atoms with Crippen LogP contribution in [0, 0.1) is 11.7 Å². The number of halogens is 1. The SMILES string of the molecule is COc1ccc(C(=O)N[C@H](C(=O)OCCCOc2ccc(F)cc2)C(C)C)cc1. The number of benzene rings is 2. The zero-order valence-corrected chi connectivity index (χ0v) is 16.8. The summed E-state index contributed by atoms with van der Waals surface area (Å²) in [4.78, 5) is 24.8. The summed E-state index contributed by atoms with van der Waals surface area (Å²) in [5.41, 5.74) is 0.428. The second-order valence-electron chi connectivity index (χ2n) is 6.75. The maximum absolute atomic E-state index is 12.8. The van der Waals surface area contributed by atoms with Gasteiger partial charge in [-0.15, -0.1) is 0 Å². The van der Waals surface area contributed by atoms with Crippen molar-refractivity contribution in [3.63, 3.8) is 0 Å². The molecule has 0 fully saturated rings. The van der Waals surface area contributed by atoms with Crippen LogP contribution in [0.3, 0.4) is 0 Å². The number of esters is 1. The molecule has 0 bridgehead atoms. The molecule has 0 heterocycles. The molecule has 0 saturated carbocycles. The van der Waals surface area contributed by atoms with Gasteiger partial charge in [-0.05, 0) is 54.4 Å². The van der Waals surface area contributed by atoms with Crippen LogP contribution < -0.4 is 14.8 Å². The van der Waals surface area contributed by atoms with Crippen molar-refractivity contribution in [3.8, 4) is 11.5 Å². The maximum Gasteiger partial charge on any atom is 0.328 e. The van der Waals surface area contributed by atoms with Crippen molar-refractivity contribution in [1.29, 1.82) is 0 Å². The van der Waals surface area contributed by atoms with Crippen molar-refractivity contribution in [2.75, 3.05) is 20.3 Å². The Morgan fingerprint density at radius 1 is 0.966 bits per heavy atom. The molecule has 6 nitrogen and oxygen atoms in total. The monoisotopic (exact) mass is 403 g/mol. The highest BCUT2D eigenvalue weighted by Crippen LogP contribution is 2.13. The van der Waals surface area contributed by atoms with Crippen LogP contribution in [-0.2, 0) is 9.53 Å². The molecule has 0 radical (unpaired) electrons. The second kappa shape index (κ2) is 11.0. The van der Waals surface area contributed by atoms with Gasteiger partial charge in [0.05, 0.1) is 20.3 Å². The van der Waals surface area contributed by atoms with Gasteiger partial charge in [-0.25, -0.2) is 9.18 Å². The summed E-state index contributed by atoms with van der Waals surface area (Å²) in [6.45, 7) is 4.14. The summed E-state index contributed by atoms with van der Waals surface area (Å²) >= 11 is 0. The molecule has 0 aliphatic heterocycles. The molecule has 0 aromatic heterocycles. The summed E-state index contributed by atoms with van der Waals surface area (Å²) in [6.07, 6.45) is 0.473. The molecular weight excluding hydrogens is 377 g/mol. The van der Waals surface area contributed by atoms with Gasteiger partial charge in [0.1, 0.15) is 23.4 Å². The smallest absolute Gasteiger partial charge is 0.328 e. The first kappa shape index (κ1) is 22.2. The molecule has 2 aromatic rings. The Balaban J connectivity index is 1.78. The van der Waals surface area contributed by atoms with Gasteiger partial charge in [0.25, 0.3) is 5.91 Å². The minimum atomic E-state index is -0.761. The summed E-state index contributed by atoms with van der Waals surface area (Å²) < 4.78 is 28.7. The first-order valence-electron chi connectivity index (χ1n) is 9.40. The van der Waals surface area contributed by atoms with Gasteiger partial charge in [-0.2, -0.15) is 0 Å². The molecule has 0 aliphatic carbocycles. The van der Waals surface area contributed by atoms with E-state index in [4.69, 9.17) is 14.2 Å². The van der Waals surface area contributed by atoms with E-state index in [-0.39, 0.29) is 24.2 Å². The van der Waals surface area contributed by atoms with Gasteiger partial charge >= 0.3 is 5.97 Å². The number of rotatable bonds is 10. The second-order valence-corrected chi connectivity index (χ2v) is 6.75. The molecule has 0 spiro atoms. The first-order chi connectivity index (χ1) is 13.9. The molecule has 2 rings (SSSR count). The molecule has 0 unspecified atom stereocenters. The van der Waals surface area contributed by atoms with Crippen molar-refractivity contribution in [2.24, 2.45) is 5.92 Å². The average Bonchev–Trinajstić information content (AvgIpc) is 2.72. The lowest BCUT2D eigenvalue weighted by atomic mass is 10.0. The van der Waals surface area contributed by atoms with E-state index in [1.807, 2.05) is 13.8 Å². The van der Waals surface area contributed by atoms with E-state index in [0.717, 1.165) is 0 Å². The Hall–Kier alpha value is -3.09.